The lowest BCUT2D eigenvalue weighted by Gasteiger charge is -2.17. The Kier molecular flexibility index (Phi) is 7.69. The van der Waals surface area contributed by atoms with Gasteiger partial charge in [0.05, 0.1) is 7.11 Å². The summed E-state index contributed by atoms with van der Waals surface area (Å²) in [7, 11) is 1.22. The summed E-state index contributed by atoms with van der Waals surface area (Å²) in [6.07, 6.45) is 0.428. The van der Waals surface area contributed by atoms with Gasteiger partial charge in [0.25, 0.3) is 0 Å². The number of carbonyl (C=O) groups excluding carboxylic acids is 2. The summed E-state index contributed by atoms with van der Waals surface area (Å²) >= 11 is 0. The molecule has 0 aliphatic rings. The fraction of sp³-hybridized carbons (Fsp3) is 0.727. The smallest absolute Gasteiger partial charge is 0.326 e. The van der Waals surface area contributed by atoms with Crippen molar-refractivity contribution in [2.24, 2.45) is 11.7 Å². The first-order chi connectivity index (χ1) is 8.42. The molecule has 0 heterocycles. The lowest BCUT2D eigenvalue weighted by Crippen LogP contribution is -2.43. The number of carbonyl (C=O) groups is 3. The Bertz CT molecular complexity index is 306. The summed E-state index contributed by atoms with van der Waals surface area (Å²) in [5.41, 5.74) is 5.32. The number of methoxy groups -OCH3 is 1. The van der Waals surface area contributed by atoms with Crippen molar-refractivity contribution in [2.45, 2.75) is 32.2 Å². The normalized spacial score (nSPS) is 13.5. The van der Waals surface area contributed by atoms with Crippen molar-refractivity contribution in [2.75, 3.05) is 13.7 Å². The zero-order valence-corrected chi connectivity index (χ0v) is 10.6. The van der Waals surface area contributed by atoms with E-state index in [0.29, 0.717) is 13.0 Å². The van der Waals surface area contributed by atoms with Crippen LogP contribution in [0, 0.1) is 5.92 Å². The van der Waals surface area contributed by atoms with Crippen LogP contribution in [-0.2, 0) is 19.1 Å². The number of hydrogen-bond donors (Lipinski definition) is 3. The SMILES string of the molecule is COC(=O)CC[C@@H](NC(=O)C(C)CCN)C(=O)O. The van der Waals surface area contributed by atoms with Crippen LogP contribution < -0.4 is 11.1 Å². The van der Waals surface area contributed by atoms with Gasteiger partial charge in [0, 0.05) is 12.3 Å². The lowest BCUT2D eigenvalue weighted by molar-refractivity contribution is -0.144. The van der Waals surface area contributed by atoms with Crippen LogP contribution in [0.15, 0.2) is 0 Å². The summed E-state index contributed by atoms with van der Waals surface area (Å²) in [6.45, 7) is 2.02. The standard InChI is InChI=1S/C11H20N2O5/c1-7(5-6-12)10(15)13-8(11(16)17)3-4-9(14)18-2/h7-8H,3-6,12H2,1-2H3,(H,13,15)(H,16,17)/t7?,8-/m1/s1. The van der Waals surface area contributed by atoms with Gasteiger partial charge in [-0.3, -0.25) is 9.59 Å². The average molecular weight is 260 g/mol. The van der Waals surface area contributed by atoms with Gasteiger partial charge in [-0.15, -0.1) is 0 Å². The number of carboxylic acid groups (broad SMARTS) is 1. The summed E-state index contributed by atoms with van der Waals surface area (Å²) < 4.78 is 4.41. The second-order valence-electron chi connectivity index (χ2n) is 3.99. The number of hydrogen-bond acceptors (Lipinski definition) is 5. The molecule has 0 radical (unpaired) electrons. The molecule has 0 aliphatic carbocycles. The first-order valence-corrected chi connectivity index (χ1v) is 5.72. The van der Waals surface area contributed by atoms with Gasteiger partial charge in [-0.25, -0.2) is 4.79 Å². The zero-order chi connectivity index (χ0) is 14.1. The van der Waals surface area contributed by atoms with Gasteiger partial charge in [-0.05, 0) is 19.4 Å². The molecule has 0 aliphatic heterocycles. The molecule has 0 rings (SSSR count). The maximum absolute atomic E-state index is 11.6. The van der Waals surface area contributed by atoms with Gasteiger partial charge in [-0.1, -0.05) is 6.92 Å². The first kappa shape index (κ1) is 16.4. The summed E-state index contributed by atoms with van der Waals surface area (Å²) in [5.74, 6) is -2.41. The molecule has 0 spiro atoms. The highest BCUT2D eigenvalue weighted by Gasteiger charge is 2.23. The Morgan fingerprint density at radius 3 is 2.39 bits per heavy atom. The third-order valence-electron chi connectivity index (χ3n) is 2.53. The minimum atomic E-state index is -1.17. The number of amides is 1. The molecule has 0 aromatic heterocycles. The molecule has 0 saturated carbocycles. The van der Waals surface area contributed by atoms with Crippen LogP contribution in [0.3, 0.4) is 0 Å². The molecule has 104 valence electrons. The van der Waals surface area contributed by atoms with Crippen molar-refractivity contribution < 1.29 is 24.2 Å². The van der Waals surface area contributed by atoms with Gasteiger partial charge in [0.15, 0.2) is 0 Å². The molecule has 0 aromatic rings. The largest absolute Gasteiger partial charge is 0.480 e. The van der Waals surface area contributed by atoms with E-state index in [4.69, 9.17) is 10.8 Å². The van der Waals surface area contributed by atoms with Crippen molar-refractivity contribution >= 4 is 17.8 Å². The number of esters is 1. The van der Waals surface area contributed by atoms with Crippen LogP contribution in [0.2, 0.25) is 0 Å². The van der Waals surface area contributed by atoms with Gasteiger partial charge < -0.3 is 20.9 Å². The Morgan fingerprint density at radius 1 is 1.33 bits per heavy atom. The number of nitrogens with one attached hydrogen (secondary N) is 1. The molecule has 1 amide bonds. The van der Waals surface area contributed by atoms with Crippen molar-refractivity contribution in [3.8, 4) is 0 Å². The van der Waals surface area contributed by atoms with Crippen LogP contribution in [0.5, 0.6) is 0 Å². The van der Waals surface area contributed by atoms with Crippen molar-refractivity contribution in [3.63, 3.8) is 0 Å². The van der Waals surface area contributed by atoms with Gasteiger partial charge >= 0.3 is 11.9 Å². The van der Waals surface area contributed by atoms with E-state index >= 15 is 0 Å². The lowest BCUT2D eigenvalue weighted by atomic mass is 10.1. The van der Waals surface area contributed by atoms with Crippen LogP contribution >= 0.6 is 0 Å². The minimum Gasteiger partial charge on any atom is -0.480 e. The summed E-state index contributed by atoms with van der Waals surface area (Å²) in [4.78, 5) is 33.5. The van der Waals surface area contributed by atoms with Crippen molar-refractivity contribution in [3.05, 3.63) is 0 Å². The fourth-order valence-corrected chi connectivity index (χ4v) is 1.32. The predicted molar refractivity (Wildman–Crippen MR) is 63.7 cm³/mol. The molecule has 0 fully saturated rings. The minimum absolute atomic E-state index is 0.00307. The highest BCUT2D eigenvalue weighted by Crippen LogP contribution is 2.04. The van der Waals surface area contributed by atoms with E-state index in [9.17, 15) is 14.4 Å². The number of ether oxygens (including phenoxy) is 1. The molecule has 2 atom stereocenters. The summed E-state index contributed by atoms with van der Waals surface area (Å²) in [5, 5.41) is 11.3. The van der Waals surface area contributed by atoms with E-state index in [-0.39, 0.29) is 24.7 Å². The number of carboxylic acids is 1. The molecule has 7 nitrogen and oxygen atoms in total. The highest BCUT2D eigenvalue weighted by atomic mass is 16.5. The second kappa shape index (κ2) is 8.46. The molecular formula is C11H20N2O5. The van der Waals surface area contributed by atoms with Crippen LogP contribution in [0.4, 0.5) is 0 Å². The first-order valence-electron chi connectivity index (χ1n) is 5.72. The predicted octanol–water partition coefficient (Wildman–Crippen LogP) is -0.506. The van der Waals surface area contributed by atoms with Gasteiger partial charge in [-0.2, -0.15) is 0 Å². The molecule has 7 heteroatoms. The third kappa shape index (κ3) is 6.19. The molecule has 18 heavy (non-hydrogen) atoms. The van der Waals surface area contributed by atoms with Gasteiger partial charge in [0.2, 0.25) is 5.91 Å². The van der Waals surface area contributed by atoms with Crippen LogP contribution in [-0.4, -0.2) is 42.6 Å². The summed E-state index contributed by atoms with van der Waals surface area (Å²) in [6, 6.07) is -1.09. The topological polar surface area (TPSA) is 119 Å². The molecular weight excluding hydrogens is 240 g/mol. The quantitative estimate of drug-likeness (QED) is 0.506. The van der Waals surface area contributed by atoms with E-state index < -0.39 is 18.0 Å². The molecule has 0 saturated heterocycles. The van der Waals surface area contributed by atoms with Crippen molar-refractivity contribution in [1.29, 1.82) is 0 Å². The van der Waals surface area contributed by atoms with E-state index in [1.165, 1.54) is 7.11 Å². The number of aliphatic carboxylic acids is 1. The maximum atomic E-state index is 11.6. The number of nitrogens with two attached hydrogens (primary N) is 1. The highest BCUT2D eigenvalue weighted by molar-refractivity contribution is 5.85. The molecule has 1 unspecified atom stereocenters. The van der Waals surface area contributed by atoms with Crippen molar-refractivity contribution in [1.82, 2.24) is 5.32 Å². The second-order valence-corrected chi connectivity index (χ2v) is 3.99. The van der Waals surface area contributed by atoms with E-state index in [0.717, 1.165) is 0 Å². The van der Waals surface area contributed by atoms with E-state index in [2.05, 4.69) is 10.1 Å². The Morgan fingerprint density at radius 2 is 1.94 bits per heavy atom. The monoisotopic (exact) mass is 260 g/mol. The number of rotatable bonds is 8. The van der Waals surface area contributed by atoms with E-state index in [1.54, 1.807) is 6.92 Å². The fourth-order valence-electron chi connectivity index (χ4n) is 1.32. The maximum Gasteiger partial charge on any atom is 0.326 e. The molecule has 0 aromatic carbocycles. The Hall–Kier alpha value is -1.63. The molecule has 0 bridgehead atoms. The van der Waals surface area contributed by atoms with Crippen LogP contribution in [0.25, 0.3) is 0 Å². The average Bonchev–Trinajstić information content (AvgIpc) is 2.33. The zero-order valence-electron chi connectivity index (χ0n) is 10.6. The third-order valence-corrected chi connectivity index (χ3v) is 2.53. The Balaban J connectivity index is 4.31. The van der Waals surface area contributed by atoms with Gasteiger partial charge in [0.1, 0.15) is 6.04 Å². The van der Waals surface area contributed by atoms with Crippen LogP contribution in [0.1, 0.15) is 26.2 Å². The van der Waals surface area contributed by atoms with E-state index in [1.807, 2.05) is 0 Å². The Labute approximate surface area is 106 Å². The molecule has 4 N–H and O–H groups in total.